The first-order chi connectivity index (χ1) is 11.6. The summed E-state index contributed by atoms with van der Waals surface area (Å²) in [6, 6.07) is 7.97. The third kappa shape index (κ3) is 3.16. The Kier molecular flexibility index (Phi) is 4.88. The Morgan fingerprint density at radius 3 is 2.58 bits per heavy atom. The SMILES string of the molecule is COC(=O)C1=C(NC2CCCCC2)C(=O)N(c2ccccc2C)C1. The molecule has 1 heterocycles. The molecule has 0 unspecified atom stereocenters. The second kappa shape index (κ2) is 7.07. The maximum atomic E-state index is 13.0. The van der Waals surface area contributed by atoms with Gasteiger partial charge >= 0.3 is 5.97 Å². The molecule has 0 aromatic heterocycles. The molecule has 0 radical (unpaired) electrons. The van der Waals surface area contributed by atoms with Crippen LogP contribution in [0.2, 0.25) is 0 Å². The Labute approximate surface area is 142 Å². The first-order valence-corrected chi connectivity index (χ1v) is 8.57. The van der Waals surface area contributed by atoms with Gasteiger partial charge in [-0.05, 0) is 31.4 Å². The van der Waals surface area contributed by atoms with Crippen molar-refractivity contribution in [2.24, 2.45) is 0 Å². The molecule has 1 N–H and O–H groups in total. The number of esters is 1. The van der Waals surface area contributed by atoms with E-state index in [2.05, 4.69) is 5.32 Å². The van der Waals surface area contributed by atoms with Gasteiger partial charge in [-0.25, -0.2) is 4.79 Å². The lowest BCUT2D eigenvalue weighted by Gasteiger charge is -2.25. The van der Waals surface area contributed by atoms with Crippen molar-refractivity contribution in [2.75, 3.05) is 18.6 Å². The number of para-hydroxylation sites is 1. The Hall–Kier alpha value is -2.30. The van der Waals surface area contributed by atoms with Gasteiger partial charge in [-0.3, -0.25) is 4.79 Å². The molecule has 0 atom stereocenters. The lowest BCUT2D eigenvalue weighted by atomic mass is 9.95. The van der Waals surface area contributed by atoms with Crippen molar-refractivity contribution < 1.29 is 14.3 Å². The average molecular weight is 328 g/mol. The summed E-state index contributed by atoms with van der Waals surface area (Å²) in [4.78, 5) is 26.8. The van der Waals surface area contributed by atoms with Gasteiger partial charge in [-0.1, -0.05) is 37.5 Å². The highest BCUT2D eigenvalue weighted by Gasteiger charge is 2.37. The third-order valence-corrected chi connectivity index (χ3v) is 4.87. The molecule has 1 aliphatic heterocycles. The molecule has 0 saturated heterocycles. The Bertz CT molecular complexity index is 675. The van der Waals surface area contributed by atoms with Crippen LogP contribution in [0, 0.1) is 6.92 Å². The molecular formula is C19H24N2O3. The van der Waals surface area contributed by atoms with E-state index in [9.17, 15) is 9.59 Å². The van der Waals surface area contributed by atoms with E-state index < -0.39 is 5.97 Å². The van der Waals surface area contributed by atoms with Crippen LogP contribution in [0.3, 0.4) is 0 Å². The van der Waals surface area contributed by atoms with Crippen molar-refractivity contribution in [3.8, 4) is 0 Å². The minimum absolute atomic E-state index is 0.143. The largest absolute Gasteiger partial charge is 0.466 e. The van der Waals surface area contributed by atoms with Crippen LogP contribution >= 0.6 is 0 Å². The van der Waals surface area contributed by atoms with Gasteiger partial charge in [0, 0.05) is 11.7 Å². The number of carbonyl (C=O) groups excluding carboxylic acids is 2. The normalized spacial score (nSPS) is 18.9. The predicted molar refractivity (Wildman–Crippen MR) is 92.6 cm³/mol. The number of ether oxygens (including phenoxy) is 1. The number of amides is 1. The molecule has 1 amide bonds. The van der Waals surface area contributed by atoms with Crippen LogP contribution in [-0.2, 0) is 14.3 Å². The van der Waals surface area contributed by atoms with Crippen LogP contribution in [0.1, 0.15) is 37.7 Å². The van der Waals surface area contributed by atoms with Gasteiger partial charge < -0.3 is 15.0 Å². The van der Waals surface area contributed by atoms with Crippen LogP contribution in [0.15, 0.2) is 35.5 Å². The van der Waals surface area contributed by atoms with E-state index in [1.165, 1.54) is 13.5 Å². The smallest absolute Gasteiger partial charge is 0.337 e. The molecule has 0 bridgehead atoms. The maximum Gasteiger partial charge on any atom is 0.337 e. The van der Waals surface area contributed by atoms with Gasteiger partial charge in [0.25, 0.3) is 5.91 Å². The van der Waals surface area contributed by atoms with Crippen molar-refractivity contribution in [3.05, 3.63) is 41.1 Å². The molecule has 5 heteroatoms. The summed E-state index contributed by atoms with van der Waals surface area (Å²) in [5, 5.41) is 3.34. The van der Waals surface area contributed by atoms with Crippen LogP contribution < -0.4 is 10.2 Å². The molecule has 2 aliphatic rings. The van der Waals surface area contributed by atoms with E-state index >= 15 is 0 Å². The fourth-order valence-electron chi connectivity index (χ4n) is 3.52. The Morgan fingerprint density at radius 1 is 1.21 bits per heavy atom. The number of hydrogen-bond donors (Lipinski definition) is 1. The molecule has 1 aromatic rings. The monoisotopic (exact) mass is 328 g/mol. The quantitative estimate of drug-likeness (QED) is 0.864. The number of rotatable bonds is 4. The van der Waals surface area contributed by atoms with Gasteiger partial charge in [0.05, 0.1) is 19.2 Å². The first kappa shape index (κ1) is 16.6. The van der Waals surface area contributed by atoms with E-state index in [0.717, 1.165) is 36.9 Å². The summed E-state index contributed by atoms with van der Waals surface area (Å²) in [5.74, 6) is -0.576. The molecule has 0 spiro atoms. The van der Waals surface area contributed by atoms with Crippen LogP contribution in [-0.4, -0.2) is 31.6 Å². The summed E-state index contributed by atoms with van der Waals surface area (Å²) < 4.78 is 4.90. The van der Waals surface area contributed by atoms with Crippen LogP contribution in [0.25, 0.3) is 0 Å². The van der Waals surface area contributed by atoms with Crippen molar-refractivity contribution in [1.82, 2.24) is 5.32 Å². The predicted octanol–water partition coefficient (Wildman–Crippen LogP) is 2.69. The number of nitrogens with one attached hydrogen (secondary N) is 1. The van der Waals surface area contributed by atoms with Crippen LogP contribution in [0.4, 0.5) is 5.69 Å². The van der Waals surface area contributed by atoms with E-state index in [-0.39, 0.29) is 18.5 Å². The zero-order valence-corrected chi connectivity index (χ0v) is 14.3. The number of aryl methyl sites for hydroxylation is 1. The Morgan fingerprint density at radius 2 is 1.92 bits per heavy atom. The number of benzene rings is 1. The fourth-order valence-corrected chi connectivity index (χ4v) is 3.52. The maximum absolute atomic E-state index is 13.0. The molecule has 5 nitrogen and oxygen atoms in total. The van der Waals surface area contributed by atoms with Gasteiger partial charge in [0.15, 0.2) is 0 Å². The average Bonchev–Trinajstić information content (AvgIpc) is 2.92. The standard InChI is InChI=1S/C19H24N2O3/c1-13-8-6-7-11-16(13)21-12-15(19(23)24-2)17(18(21)22)20-14-9-4-3-5-10-14/h6-8,11,14,20H,3-5,9-10,12H2,1-2H3. The summed E-state index contributed by atoms with van der Waals surface area (Å²) in [6.07, 6.45) is 5.64. The van der Waals surface area contributed by atoms with Crippen molar-refractivity contribution in [1.29, 1.82) is 0 Å². The highest BCUT2D eigenvalue weighted by Crippen LogP contribution is 2.29. The van der Waals surface area contributed by atoms with Crippen LogP contribution in [0.5, 0.6) is 0 Å². The minimum Gasteiger partial charge on any atom is -0.466 e. The van der Waals surface area contributed by atoms with Crippen molar-refractivity contribution >= 4 is 17.6 Å². The summed E-state index contributed by atoms with van der Waals surface area (Å²) >= 11 is 0. The van der Waals surface area contributed by atoms with Gasteiger partial charge in [0.1, 0.15) is 5.70 Å². The molecule has 1 aliphatic carbocycles. The minimum atomic E-state index is -0.433. The number of anilines is 1. The number of methoxy groups -OCH3 is 1. The zero-order chi connectivity index (χ0) is 17.1. The number of hydrogen-bond acceptors (Lipinski definition) is 4. The first-order valence-electron chi connectivity index (χ1n) is 8.57. The molecule has 24 heavy (non-hydrogen) atoms. The van der Waals surface area contributed by atoms with E-state index in [0.29, 0.717) is 11.3 Å². The summed E-state index contributed by atoms with van der Waals surface area (Å²) in [6.45, 7) is 2.22. The highest BCUT2D eigenvalue weighted by molar-refractivity contribution is 6.15. The van der Waals surface area contributed by atoms with Gasteiger partial charge in [0.2, 0.25) is 0 Å². The third-order valence-electron chi connectivity index (χ3n) is 4.87. The highest BCUT2D eigenvalue weighted by atomic mass is 16.5. The molecular weight excluding hydrogens is 304 g/mol. The van der Waals surface area contributed by atoms with Crippen molar-refractivity contribution in [2.45, 2.75) is 45.1 Å². The van der Waals surface area contributed by atoms with Gasteiger partial charge in [-0.2, -0.15) is 0 Å². The van der Waals surface area contributed by atoms with E-state index in [1.807, 2.05) is 31.2 Å². The van der Waals surface area contributed by atoms with Crippen molar-refractivity contribution in [3.63, 3.8) is 0 Å². The molecule has 1 aromatic carbocycles. The molecule has 1 fully saturated rings. The van der Waals surface area contributed by atoms with Gasteiger partial charge in [-0.15, -0.1) is 0 Å². The molecule has 1 saturated carbocycles. The second-order valence-electron chi connectivity index (χ2n) is 6.50. The topological polar surface area (TPSA) is 58.6 Å². The lowest BCUT2D eigenvalue weighted by Crippen LogP contribution is -2.36. The molecule has 128 valence electrons. The summed E-state index contributed by atoms with van der Waals surface area (Å²) in [5.41, 5.74) is 2.69. The van der Waals surface area contributed by atoms with E-state index in [1.54, 1.807) is 4.90 Å². The lowest BCUT2D eigenvalue weighted by molar-refractivity contribution is -0.136. The zero-order valence-electron chi connectivity index (χ0n) is 14.3. The fraction of sp³-hybridized carbons (Fsp3) is 0.474. The number of carbonyl (C=O) groups is 2. The van der Waals surface area contributed by atoms with E-state index in [4.69, 9.17) is 4.74 Å². The molecule has 3 rings (SSSR count). The second-order valence-corrected chi connectivity index (χ2v) is 6.50. The number of nitrogens with zero attached hydrogens (tertiary/aromatic N) is 1. The summed E-state index contributed by atoms with van der Waals surface area (Å²) in [7, 11) is 1.36. The Balaban J connectivity index is 1.88.